The Morgan fingerprint density at radius 2 is 2.06 bits per heavy atom. The molecule has 0 spiro atoms. The Kier molecular flexibility index (Phi) is 4.50. The summed E-state index contributed by atoms with van der Waals surface area (Å²) in [4.78, 5) is 0. The average Bonchev–Trinajstić information content (AvgIpc) is 2.81. The van der Waals surface area contributed by atoms with Crippen molar-refractivity contribution >= 4 is 0 Å². The van der Waals surface area contributed by atoms with Gasteiger partial charge >= 0.3 is 0 Å². The second-order valence-electron chi connectivity index (χ2n) is 6.34. The summed E-state index contributed by atoms with van der Waals surface area (Å²) in [5.41, 5.74) is 0. The van der Waals surface area contributed by atoms with Crippen LogP contribution in [-0.4, -0.2) is 6.04 Å². The molecule has 102 valence electrons. The molecular formula is C16H27NO. The van der Waals surface area contributed by atoms with Crippen molar-refractivity contribution in [2.75, 3.05) is 0 Å². The van der Waals surface area contributed by atoms with E-state index >= 15 is 0 Å². The fourth-order valence-corrected chi connectivity index (χ4v) is 3.33. The number of rotatable bonds is 4. The van der Waals surface area contributed by atoms with Crippen molar-refractivity contribution in [3.8, 4) is 0 Å². The lowest BCUT2D eigenvalue weighted by molar-refractivity contribution is 0.157. The summed E-state index contributed by atoms with van der Waals surface area (Å²) in [6.07, 6.45) is 5.81. The van der Waals surface area contributed by atoms with Gasteiger partial charge in [0.1, 0.15) is 5.76 Å². The molecule has 2 heteroatoms. The lowest BCUT2D eigenvalue weighted by Crippen LogP contribution is -2.43. The Balaban J connectivity index is 2.00. The molecule has 0 bridgehead atoms. The Hall–Kier alpha value is -0.760. The average molecular weight is 249 g/mol. The molecule has 1 N–H and O–H groups in total. The third kappa shape index (κ3) is 3.17. The van der Waals surface area contributed by atoms with Crippen LogP contribution in [0.1, 0.15) is 58.8 Å². The van der Waals surface area contributed by atoms with Crippen LogP contribution in [0.15, 0.2) is 22.8 Å². The van der Waals surface area contributed by atoms with E-state index in [9.17, 15) is 0 Å². The summed E-state index contributed by atoms with van der Waals surface area (Å²) in [6, 6.07) is 4.98. The third-order valence-electron chi connectivity index (χ3n) is 4.46. The van der Waals surface area contributed by atoms with Gasteiger partial charge in [0.15, 0.2) is 0 Å². The molecule has 0 radical (unpaired) electrons. The second kappa shape index (κ2) is 5.92. The van der Waals surface area contributed by atoms with Crippen LogP contribution in [0.4, 0.5) is 0 Å². The quantitative estimate of drug-likeness (QED) is 0.856. The van der Waals surface area contributed by atoms with E-state index in [1.54, 1.807) is 6.26 Å². The lowest BCUT2D eigenvalue weighted by atomic mass is 9.74. The van der Waals surface area contributed by atoms with Gasteiger partial charge in [-0.15, -0.1) is 0 Å². The van der Waals surface area contributed by atoms with Crippen LogP contribution in [0.5, 0.6) is 0 Å². The monoisotopic (exact) mass is 249 g/mol. The van der Waals surface area contributed by atoms with Crippen LogP contribution >= 0.6 is 0 Å². The van der Waals surface area contributed by atoms with E-state index in [0.717, 1.165) is 23.5 Å². The molecule has 1 aromatic rings. The third-order valence-corrected chi connectivity index (χ3v) is 4.46. The zero-order chi connectivity index (χ0) is 13.1. The van der Waals surface area contributed by atoms with E-state index in [1.165, 1.54) is 19.3 Å². The molecule has 0 aromatic carbocycles. The highest BCUT2D eigenvalue weighted by Gasteiger charge is 2.31. The van der Waals surface area contributed by atoms with Crippen molar-refractivity contribution < 1.29 is 4.42 Å². The highest BCUT2D eigenvalue weighted by Crippen LogP contribution is 2.34. The molecule has 1 aromatic heterocycles. The first-order chi connectivity index (χ1) is 8.58. The van der Waals surface area contributed by atoms with Crippen LogP contribution in [0, 0.1) is 17.8 Å². The van der Waals surface area contributed by atoms with Gasteiger partial charge in [-0.3, -0.25) is 0 Å². The molecule has 1 fully saturated rings. The predicted octanol–water partition coefficient (Wildman–Crippen LogP) is 4.39. The van der Waals surface area contributed by atoms with Gasteiger partial charge in [-0.1, -0.05) is 27.2 Å². The van der Waals surface area contributed by atoms with Crippen molar-refractivity contribution in [3.63, 3.8) is 0 Å². The maximum absolute atomic E-state index is 5.50. The summed E-state index contributed by atoms with van der Waals surface area (Å²) < 4.78 is 5.50. The standard InChI is InChI=1S/C16H27NO/c1-11(2)14-8-7-12(3)10-15(14)17-13(4)16-6-5-9-18-16/h5-6,9,11-15,17H,7-8,10H2,1-4H3/t12?,13-,14?,15?/m1/s1. The second-order valence-corrected chi connectivity index (χ2v) is 6.34. The van der Waals surface area contributed by atoms with Gasteiger partial charge in [-0.05, 0) is 49.7 Å². The van der Waals surface area contributed by atoms with Gasteiger partial charge in [-0.25, -0.2) is 0 Å². The maximum Gasteiger partial charge on any atom is 0.120 e. The lowest BCUT2D eigenvalue weighted by Gasteiger charge is -2.39. The van der Waals surface area contributed by atoms with Gasteiger partial charge < -0.3 is 9.73 Å². The summed E-state index contributed by atoms with van der Waals surface area (Å²) in [5, 5.41) is 3.79. The molecule has 4 atom stereocenters. The van der Waals surface area contributed by atoms with Crippen LogP contribution < -0.4 is 5.32 Å². The van der Waals surface area contributed by atoms with Crippen molar-refractivity contribution in [1.82, 2.24) is 5.32 Å². The first kappa shape index (κ1) is 13.7. The van der Waals surface area contributed by atoms with E-state index in [1.807, 2.05) is 6.07 Å². The summed E-state index contributed by atoms with van der Waals surface area (Å²) in [7, 11) is 0. The van der Waals surface area contributed by atoms with E-state index in [4.69, 9.17) is 4.42 Å². The van der Waals surface area contributed by atoms with E-state index in [2.05, 4.69) is 39.1 Å². The Morgan fingerprint density at radius 3 is 2.67 bits per heavy atom. The molecule has 2 nitrogen and oxygen atoms in total. The van der Waals surface area contributed by atoms with Gasteiger partial charge in [0.25, 0.3) is 0 Å². The normalized spacial score (nSPS) is 30.6. The first-order valence-electron chi connectivity index (χ1n) is 7.37. The van der Waals surface area contributed by atoms with E-state index in [0.29, 0.717) is 12.1 Å². The fraction of sp³-hybridized carbons (Fsp3) is 0.750. The molecule has 1 saturated carbocycles. The zero-order valence-corrected chi connectivity index (χ0v) is 12.1. The Morgan fingerprint density at radius 1 is 1.28 bits per heavy atom. The van der Waals surface area contributed by atoms with Gasteiger partial charge in [-0.2, -0.15) is 0 Å². The summed E-state index contributed by atoms with van der Waals surface area (Å²) >= 11 is 0. The molecule has 1 aliphatic rings. The first-order valence-corrected chi connectivity index (χ1v) is 7.37. The maximum atomic E-state index is 5.50. The number of nitrogens with one attached hydrogen (secondary N) is 1. The van der Waals surface area contributed by atoms with Crippen LogP contribution in [-0.2, 0) is 0 Å². The molecule has 0 saturated heterocycles. The minimum absolute atomic E-state index is 0.316. The van der Waals surface area contributed by atoms with Crippen LogP contribution in [0.25, 0.3) is 0 Å². The molecule has 0 aliphatic heterocycles. The summed E-state index contributed by atoms with van der Waals surface area (Å²) in [6.45, 7) is 9.29. The topological polar surface area (TPSA) is 25.2 Å². The number of hydrogen-bond donors (Lipinski definition) is 1. The molecule has 3 unspecified atom stereocenters. The van der Waals surface area contributed by atoms with E-state index < -0.39 is 0 Å². The Labute approximate surface area is 111 Å². The van der Waals surface area contributed by atoms with Crippen LogP contribution in [0.2, 0.25) is 0 Å². The van der Waals surface area contributed by atoms with Crippen molar-refractivity contribution in [1.29, 1.82) is 0 Å². The molecule has 1 aliphatic carbocycles. The number of hydrogen-bond acceptors (Lipinski definition) is 2. The zero-order valence-electron chi connectivity index (χ0n) is 12.1. The molecule has 2 rings (SSSR count). The van der Waals surface area contributed by atoms with E-state index in [-0.39, 0.29) is 0 Å². The molecular weight excluding hydrogens is 222 g/mol. The van der Waals surface area contributed by atoms with Crippen molar-refractivity contribution in [3.05, 3.63) is 24.2 Å². The smallest absolute Gasteiger partial charge is 0.120 e. The van der Waals surface area contributed by atoms with Gasteiger partial charge in [0.05, 0.1) is 12.3 Å². The van der Waals surface area contributed by atoms with Gasteiger partial charge in [0.2, 0.25) is 0 Å². The minimum atomic E-state index is 0.316. The predicted molar refractivity (Wildman–Crippen MR) is 75.4 cm³/mol. The summed E-state index contributed by atoms with van der Waals surface area (Å²) in [5.74, 6) is 3.47. The molecule has 18 heavy (non-hydrogen) atoms. The highest BCUT2D eigenvalue weighted by molar-refractivity contribution is 5.04. The fourth-order valence-electron chi connectivity index (χ4n) is 3.33. The SMILES string of the molecule is CC1CCC(C(C)C)C(N[C@H](C)c2ccco2)C1. The Bertz CT molecular complexity index is 344. The highest BCUT2D eigenvalue weighted by atomic mass is 16.3. The number of furan rings is 1. The largest absolute Gasteiger partial charge is 0.468 e. The van der Waals surface area contributed by atoms with Crippen LogP contribution in [0.3, 0.4) is 0 Å². The molecule has 1 heterocycles. The van der Waals surface area contributed by atoms with Crippen molar-refractivity contribution in [2.45, 2.75) is 59.0 Å². The molecule has 0 amide bonds. The van der Waals surface area contributed by atoms with Gasteiger partial charge in [0, 0.05) is 6.04 Å². The minimum Gasteiger partial charge on any atom is -0.468 e. The van der Waals surface area contributed by atoms with Crippen molar-refractivity contribution in [2.24, 2.45) is 17.8 Å².